The second-order valence-electron chi connectivity index (χ2n) is 37.3. The van der Waals surface area contributed by atoms with Gasteiger partial charge in [0.05, 0.1) is 32.7 Å². The number of primary amides is 2. The van der Waals surface area contributed by atoms with Crippen LogP contribution < -0.4 is 108 Å². The van der Waals surface area contributed by atoms with Crippen molar-refractivity contribution < 1.29 is 97.1 Å². The van der Waals surface area contributed by atoms with E-state index in [1.54, 1.807) is 68.4 Å². The van der Waals surface area contributed by atoms with E-state index in [2.05, 4.69) is 91.6 Å². The number of nitrogens with zero attached hydrogens (tertiary/aromatic N) is 3. The molecule has 6 rings (SSSR count). The molecule has 0 spiro atoms. The number of amides is 15. The molecule has 2 aliphatic rings. The highest BCUT2D eigenvalue weighted by Gasteiger charge is 2.42. The van der Waals surface area contributed by atoms with Crippen molar-refractivity contribution in [2.24, 2.45) is 34.6 Å². The Hall–Kier alpha value is -13.9. The topological polar surface area (TPSA) is 746 Å². The van der Waals surface area contributed by atoms with Gasteiger partial charge in [0.15, 0.2) is 17.9 Å². The van der Waals surface area contributed by atoms with Gasteiger partial charge in [-0.2, -0.15) is 0 Å². The van der Waals surface area contributed by atoms with E-state index in [-0.39, 0.29) is 121 Å². The molecule has 32 N–H and O–H groups in total. The first-order chi connectivity index (χ1) is 69.3. The minimum Gasteiger partial charge on any atom is -0.508 e. The van der Waals surface area contributed by atoms with E-state index in [0.717, 1.165) is 43.2 Å². The number of nitrogens with one attached hydrogen (secondary N) is 18. The van der Waals surface area contributed by atoms with Crippen molar-refractivity contribution >= 4 is 123 Å². The average Bonchev–Trinajstić information content (AvgIpc) is 1.58. The lowest BCUT2D eigenvalue weighted by molar-refractivity contribution is -0.144. The quantitative estimate of drug-likeness (QED) is 0.0131. The molecule has 0 aliphatic carbocycles. The number of piperazine rings is 1. The van der Waals surface area contributed by atoms with E-state index < -0.39 is 224 Å². The summed E-state index contributed by atoms with van der Waals surface area (Å²) in [6.07, 6.45) is 14.9. The normalized spacial score (nSPS) is 15.4. The highest BCUT2D eigenvalue weighted by Crippen LogP contribution is 2.24. The second-order valence-corrected chi connectivity index (χ2v) is 37.3. The van der Waals surface area contributed by atoms with Crippen LogP contribution in [-0.2, 0) is 96.0 Å². The number of benzene rings is 4. The maximum absolute atomic E-state index is 15.5. The lowest BCUT2D eigenvalue weighted by atomic mass is 9.98. The molecule has 4 aromatic rings. The number of guanidine groups is 3. The molecule has 2 fully saturated rings. The molecule has 0 aromatic heterocycles. The summed E-state index contributed by atoms with van der Waals surface area (Å²) in [5, 5.41) is 104. The molecular weight excluding hydrogens is 1870 g/mol. The van der Waals surface area contributed by atoms with Gasteiger partial charge in [-0.05, 0) is 123 Å². The number of aromatic hydroxyl groups is 1. The van der Waals surface area contributed by atoms with Crippen LogP contribution in [0.15, 0.2) is 97.1 Å². The predicted octanol–water partition coefficient (Wildman–Crippen LogP) is -1.84. The van der Waals surface area contributed by atoms with Gasteiger partial charge in [0.25, 0.3) is 0 Å². The Morgan fingerprint density at radius 3 is 1.31 bits per heavy atom. The van der Waals surface area contributed by atoms with Crippen molar-refractivity contribution in [2.75, 3.05) is 85.2 Å². The van der Waals surface area contributed by atoms with Gasteiger partial charge < -0.3 is 139 Å². The van der Waals surface area contributed by atoms with Crippen molar-refractivity contribution in [3.8, 4) is 5.75 Å². The minimum atomic E-state index is -1.89. The number of aliphatic hydroxyl groups is 2. The fourth-order valence-corrected chi connectivity index (χ4v) is 17.0. The number of hydrogen-bond acceptors (Lipinski definition) is 24. The Morgan fingerprint density at radius 1 is 0.393 bits per heavy atom. The Morgan fingerprint density at radius 2 is 0.800 bits per heavy atom. The first-order valence-electron chi connectivity index (χ1n) is 50.2. The van der Waals surface area contributed by atoms with Crippen molar-refractivity contribution in [2.45, 2.75) is 279 Å². The third-order valence-corrected chi connectivity index (χ3v) is 24.9. The fraction of sp³-hybridized carbons (Fsp3) is 0.586. The molecule has 4 aromatic carbocycles. The van der Waals surface area contributed by atoms with Crippen molar-refractivity contribution in [1.29, 1.82) is 16.2 Å². The number of carbonyl (C=O) groups excluding carboxylic acids is 15. The Labute approximate surface area is 845 Å². The van der Waals surface area contributed by atoms with Crippen LogP contribution >= 0.6 is 0 Å². The van der Waals surface area contributed by atoms with Crippen LogP contribution in [0.1, 0.15) is 204 Å². The predicted molar refractivity (Wildman–Crippen MR) is 543 cm³/mol. The summed E-state index contributed by atoms with van der Waals surface area (Å²) < 4.78 is 0. The molecule has 0 bridgehead atoms. The Kier molecular flexibility index (Phi) is 54.0. The third-order valence-electron chi connectivity index (χ3n) is 24.9. The molecule has 46 heteroatoms. The summed E-state index contributed by atoms with van der Waals surface area (Å²) in [6.45, 7) is 6.23. The van der Waals surface area contributed by atoms with E-state index in [1.165, 1.54) is 106 Å². The number of aliphatic carboxylic acids is 1. The van der Waals surface area contributed by atoms with Crippen molar-refractivity contribution in [1.82, 2.24) is 94.5 Å². The summed E-state index contributed by atoms with van der Waals surface area (Å²) in [5.41, 5.74) is 28.7. The monoisotopic (exact) mass is 2030 g/mol. The van der Waals surface area contributed by atoms with Crippen LogP contribution in [0, 0.1) is 22.1 Å². The molecule has 0 saturated carbocycles. The number of carboxylic acids is 1. The number of likely N-dealkylation sites (tertiary alicyclic amines) is 1. The fourth-order valence-electron chi connectivity index (χ4n) is 17.0. The molecule has 0 radical (unpaired) electrons. The lowest BCUT2D eigenvalue weighted by Gasteiger charge is -2.34. The number of unbranched alkanes of at least 4 members (excludes halogenated alkanes) is 13. The lowest BCUT2D eigenvalue weighted by Crippen LogP contribution is -2.61. The zero-order chi connectivity index (χ0) is 106. The standard InChI is InChI=1S/C99H154N26O20/c1-4-5-6-7-8-9-10-11-12-13-14-15-16-22-46-123-48-50-124(51-49-123)59-84(132)113-78(60-126)92(140)115-71(41-42-81(100)129)87(135)122-79(61-127)93(141)114-69(31-23-43-108-97(102)103)85(133)111-58-83(131)112-74(55-64-36-39-68(128)40-37-64)89(137)120-76(56-65-35-38-66-29-20-21-30-67(66)53-65)91(139)118-73(52-62(2)3)88(136)119-75(54-63-27-18-17-19-28-63)90(138)117-72(33-25-45-110-99(106)107)95(143)125-47-26-34-80(125)94(142)116-70(32-24-44-109-98(104)105)86(134)121-77(96(144)145)57-82(101)130/h17-21,27-30,35-40,53,62,69-80,126-128H,4-16,22-26,31-34,41-52,54-61H2,1-3H3,(H2,100,129)(H2,101,130)(H,111,133)(H,112,131)(H,113,132)(H,114,141)(H,115,140)(H,116,142)(H,117,138)(H,118,139)(H,119,136)(H,120,137)(H,121,134)(H,122,135)(H,144,145)(H4,102,103,108)(H4,104,105,109)(H4,106,107,110)/t69-,70-,71-,72-,73-,74-,75-,76-,77-,78-,79-,80-/m0/s1. The third kappa shape index (κ3) is 46.1. The van der Waals surface area contributed by atoms with Crippen LogP contribution in [0.3, 0.4) is 0 Å². The average molecular weight is 2030 g/mol. The number of rotatable bonds is 69. The van der Waals surface area contributed by atoms with Gasteiger partial charge in [0.2, 0.25) is 88.6 Å². The number of phenols is 1. The SMILES string of the molecule is CCCCCCCCCCCCCCCCN1CCN(CC(=O)N[C@@H](CO)C(=O)N[C@@H](CCC(N)=O)C(=O)N[C@@H](CO)C(=O)N[C@@H](CCCNC(=N)N)C(=O)NCC(=O)N[C@@H](Cc2ccc(O)cc2)C(=O)N[C@@H](Cc2ccc3ccccc3c2)C(=O)N[C@@H](CC(C)C)C(=O)N[C@@H](Cc2ccccc2)C(=O)N[C@@H](CCCNC(=N)N)C(=O)N2CCC[C@H]2C(=O)N[C@@H](CCCNC(=N)N)C(=O)N[C@@H](CC(N)=O)C(=O)O)CC1. The van der Waals surface area contributed by atoms with E-state index in [4.69, 9.17) is 44.9 Å². The van der Waals surface area contributed by atoms with Crippen LogP contribution in [0.2, 0.25) is 0 Å². The number of nitrogens with two attached hydrogens (primary N) is 5. The number of hydrogen-bond donors (Lipinski definition) is 27. The largest absolute Gasteiger partial charge is 0.508 e. The van der Waals surface area contributed by atoms with Gasteiger partial charge in [-0.25, -0.2) is 4.79 Å². The maximum atomic E-state index is 15.5. The molecule has 0 unspecified atom stereocenters. The number of fused-ring (bicyclic) bond motifs is 1. The summed E-state index contributed by atoms with van der Waals surface area (Å²) in [6, 6.07) is 7.50. The van der Waals surface area contributed by atoms with Gasteiger partial charge >= 0.3 is 5.97 Å². The Bertz CT molecular complexity index is 4900. The molecular formula is C99H154N26O20. The van der Waals surface area contributed by atoms with E-state index in [1.807, 2.05) is 23.1 Å². The first-order valence-corrected chi connectivity index (χ1v) is 50.2. The van der Waals surface area contributed by atoms with Gasteiger partial charge in [-0.3, -0.25) is 93.0 Å². The van der Waals surface area contributed by atoms with Gasteiger partial charge in [-0.15, -0.1) is 0 Å². The molecule has 2 aliphatic heterocycles. The highest BCUT2D eigenvalue weighted by atomic mass is 16.4. The molecule has 145 heavy (non-hydrogen) atoms. The molecule has 800 valence electrons. The van der Waals surface area contributed by atoms with Crippen LogP contribution in [-0.4, -0.2) is 305 Å². The number of phenolic OH excluding ortho intramolecular Hbond substituents is 1. The van der Waals surface area contributed by atoms with Gasteiger partial charge in [0, 0.05) is 78.0 Å². The zero-order valence-electron chi connectivity index (χ0n) is 83.5. The number of aliphatic hydroxyl groups excluding tert-OH is 2. The molecule has 12 atom stereocenters. The van der Waals surface area contributed by atoms with Crippen LogP contribution in [0.4, 0.5) is 0 Å². The zero-order valence-corrected chi connectivity index (χ0v) is 83.5. The Balaban J connectivity index is 1.18. The summed E-state index contributed by atoms with van der Waals surface area (Å²) in [4.78, 5) is 231. The van der Waals surface area contributed by atoms with Gasteiger partial charge in [0.1, 0.15) is 78.3 Å². The van der Waals surface area contributed by atoms with E-state index in [9.17, 15) is 73.2 Å². The number of carboxylic acid groups (broad SMARTS) is 1. The van der Waals surface area contributed by atoms with Crippen molar-refractivity contribution in [3.05, 3.63) is 114 Å². The molecule has 2 saturated heterocycles. The van der Waals surface area contributed by atoms with Crippen molar-refractivity contribution in [3.63, 3.8) is 0 Å². The summed E-state index contributed by atoms with van der Waals surface area (Å²) >= 11 is 0. The highest BCUT2D eigenvalue weighted by molar-refractivity contribution is 6.01. The first kappa shape index (κ1) is 120. The smallest absolute Gasteiger partial charge is 0.326 e. The summed E-state index contributed by atoms with van der Waals surface area (Å²) in [5.74, 6) is -17.8. The molecule has 15 amide bonds. The molecule has 2 heterocycles. The molecule has 46 nitrogen and oxygen atoms in total. The maximum Gasteiger partial charge on any atom is 0.326 e. The minimum absolute atomic E-state index is 0.00474. The summed E-state index contributed by atoms with van der Waals surface area (Å²) in [7, 11) is 0. The van der Waals surface area contributed by atoms with E-state index in [0.29, 0.717) is 29.8 Å². The van der Waals surface area contributed by atoms with E-state index >= 15 is 24.0 Å². The second kappa shape index (κ2) is 65.4. The van der Waals surface area contributed by atoms with Gasteiger partial charge in [-0.1, -0.05) is 189 Å². The van der Waals surface area contributed by atoms with Crippen LogP contribution in [0.25, 0.3) is 10.8 Å². The number of carbonyl (C=O) groups is 16. The van der Waals surface area contributed by atoms with Crippen LogP contribution in [0.5, 0.6) is 5.75 Å².